The summed E-state index contributed by atoms with van der Waals surface area (Å²) in [5.74, 6) is 1.55. The average Bonchev–Trinajstić information content (AvgIpc) is 3.45. The van der Waals surface area contributed by atoms with Crippen LogP contribution in [0.15, 0.2) is 41.3 Å². The van der Waals surface area contributed by atoms with Crippen LogP contribution in [0, 0.1) is 13.8 Å². The van der Waals surface area contributed by atoms with Crippen LogP contribution in [0.25, 0.3) is 11.0 Å². The Bertz CT molecular complexity index is 1250. The molecule has 0 spiro atoms. The number of sulfonamides is 1. The standard InChI is InChI=1S/C25H31N3O5S/c1-18-12-19(2)14-21(13-18)33-17-25-26-23-15-22(34(29,30)27-7-10-31-11-8-27)5-6-24(23)28(25)16-20-4-3-9-32-20/h5-6,12-15,20H,3-4,7-11,16-17H2,1-2H3/t20-/m0/s1. The van der Waals surface area contributed by atoms with Crippen molar-refractivity contribution in [2.24, 2.45) is 0 Å². The number of rotatable bonds is 7. The van der Waals surface area contributed by atoms with E-state index in [2.05, 4.69) is 10.6 Å². The monoisotopic (exact) mass is 485 g/mol. The first-order chi connectivity index (χ1) is 16.4. The van der Waals surface area contributed by atoms with Gasteiger partial charge in [-0.05, 0) is 68.1 Å². The highest BCUT2D eigenvalue weighted by Gasteiger charge is 2.27. The first-order valence-electron chi connectivity index (χ1n) is 11.8. The van der Waals surface area contributed by atoms with Gasteiger partial charge in [0.25, 0.3) is 0 Å². The molecule has 0 unspecified atom stereocenters. The summed E-state index contributed by atoms with van der Waals surface area (Å²) < 4.78 is 47.2. The second-order valence-electron chi connectivity index (χ2n) is 9.05. The first kappa shape index (κ1) is 23.3. The highest BCUT2D eigenvalue weighted by atomic mass is 32.2. The second-order valence-corrected chi connectivity index (χ2v) is 11.0. The summed E-state index contributed by atoms with van der Waals surface area (Å²) in [5, 5.41) is 0. The van der Waals surface area contributed by atoms with E-state index in [-0.39, 0.29) is 17.6 Å². The summed E-state index contributed by atoms with van der Waals surface area (Å²) >= 11 is 0. The van der Waals surface area contributed by atoms with Gasteiger partial charge in [-0.2, -0.15) is 4.31 Å². The Morgan fingerprint density at radius 2 is 1.82 bits per heavy atom. The van der Waals surface area contributed by atoms with Gasteiger partial charge in [0.05, 0.1) is 41.8 Å². The van der Waals surface area contributed by atoms with Crippen molar-refractivity contribution in [3.05, 3.63) is 53.3 Å². The minimum Gasteiger partial charge on any atom is -0.486 e. The molecular weight excluding hydrogens is 454 g/mol. The number of benzene rings is 2. The lowest BCUT2D eigenvalue weighted by Gasteiger charge is -2.26. The molecule has 0 aliphatic carbocycles. The van der Waals surface area contributed by atoms with E-state index in [0.717, 1.165) is 47.7 Å². The lowest BCUT2D eigenvalue weighted by Crippen LogP contribution is -2.40. The third-order valence-corrected chi connectivity index (χ3v) is 8.27. The van der Waals surface area contributed by atoms with Crippen LogP contribution < -0.4 is 4.74 Å². The Morgan fingerprint density at radius 3 is 2.53 bits per heavy atom. The summed E-state index contributed by atoms with van der Waals surface area (Å²) in [6.07, 6.45) is 2.17. The molecule has 9 heteroatoms. The molecule has 2 aliphatic rings. The molecular formula is C25H31N3O5S. The van der Waals surface area contributed by atoms with Crippen LogP contribution in [0.5, 0.6) is 5.75 Å². The van der Waals surface area contributed by atoms with Crippen LogP contribution in [-0.4, -0.2) is 61.3 Å². The fraction of sp³-hybridized carbons (Fsp3) is 0.480. The molecule has 0 bridgehead atoms. The minimum absolute atomic E-state index is 0.120. The van der Waals surface area contributed by atoms with Gasteiger partial charge in [0.2, 0.25) is 10.0 Å². The Kier molecular flexibility index (Phi) is 6.61. The zero-order chi connectivity index (χ0) is 23.7. The highest BCUT2D eigenvalue weighted by molar-refractivity contribution is 7.89. The zero-order valence-electron chi connectivity index (χ0n) is 19.7. The van der Waals surface area contributed by atoms with Crippen molar-refractivity contribution in [3.8, 4) is 5.75 Å². The SMILES string of the molecule is Cc1cc(C)cc(OCc2nc3cc(S(=O)(=O)N4CCOCC4)ccc3n2C[C@@H]2CCCO2)c1. The van der Waals surface area contributed by atoms with Crippen LogP contribution in [-0.2, 0) is 32.6 Å². The molecule has 34 heavy (non-hydrogen) atoms. The van der Waals surface area contributed by atoms with E-state index in [0.29, 0.717) is 38.4 Å². The Morgan fingerprint density at radius 1 is 1.06 bits per heavy atom. The largest absolute Gasteiger partial charge is 0.486 e. The van der Waals surface area contributed by atoms with Crippen molar-refractivity contribution >= 4 is 21.1 Å². The van der Waals surface area contributed by atoms with Crippen LogP contribution in [0.1, 0.15) is 29.8 Å². The molecule has 182 valence electrons. The van der Waals surface area contributed by atoms with Crippen LogP contribution >= 0.6 is 0 Å². The van der Waals surface area contributed by atoms with Gasteiger partial charge in [0, 0.05) is 19.7 Å². The average molecular weight is 486 g/mol. The fourth-order valence-electron chi connectivity index (χ4n) is 4.73. The van der Waals surface area contributed by atoms with Crippen molar-refractivity contribution < 1.29 is 22.6 Å². The van der Waals surface area contributed by atoms with E-state index >= 15 is 0 Å². The van der Waals surface area contributed by atoms with Gasteiger partial charge < -0.3 is 18.8 Å². The number of hydrogen-bond donors (Lipinski definition) is 0. The number of imidazole rings is 1. The van der Waals surface area contributed by atoms with E-state index < -0.39 is 10.0 Å². The summed E-state index contributed by atoms with van der Waals surface area (Å²) in [6.45, 7) is 7.37. The van der Waals surface area contributed by atoms with Gasteiger partial charge in [-0.1, -0.05) is 6.07 Å². The van der Waals surface area contributed by atoms with Gasteiger partial charge in [0.15, 0.2) is 0 Å². The molecule has 3 heterocycles. The Balaban J connectivity index is 1.47. The summed E-state index contributed by atoms with van der Waals surface area (Å²) in [5.41, 5.74) is 3.81. The van der Waals surface area contributed by atoms with E-state index in [1.807, 2.05) is 32.0 Å². The smallest absolute Gasteiger partial charge is 0.243 e. The quantitative estimate of drug-likeness (QED) is 0.510. The predicted molar refractivity (Wildman–Crippen MR) is 129 cm³/mol. The molecule has 2 saturated heterocycles. The zero-order valence-corrected chi connectivity index (χ0v) is 20.5. The Labute approximate surface area is 200 Å². The lowest BCUT2D eigenvalue weighted by atomic mass is 10.1. The van der Waals surface area contributed by atoms with Gasteiger partial charge in [0.1, 0.15) is 18.2 Å². The molecule has 2 aromatic carbocycles. The van der Waals surface area contributed by atoms with Gasteiger partial charge >= 0.3 is 0 Å². The normalized spacial score (nSPS) is 19.6. The van der Waals surface area contributed by atoms with Crippen molar-refractivity contribution in [3.63, 3.8) is 0 Å². The molecule has 5 rings (SSSR count). The van der Waals surface area contributed by atoms with Crippen molar-refractivity contribution in [1.29, 1.82) is 0 Å². The van der Waals surface area contributed by atoms with Gasteiger partial charge in [-0.25, -0.2) is 13.4 Å². The first-order valence-corrected chi connectivity index (χ1v) is 13.2. The second kappa shape index (κ2) is 9.65. The maximum Gasteiger partial charge on any atom is 0.243 e. The number of hydrogen-bond acceptors (Lipinski definition) is 6. The maximum absolute atomic E-state index is 13.2. The molecule has 0 amide bonds. The van der Waals surface area contributed by atoms with E-state index in [1.165, 1.54) is 4.31 Å². The van der Waals surface area contributed by atoms with E-state index in [1.54, 1.807) is 12.1 Å². The molecule has 8 nitrogen and oxygen atoms in total. The summed E-state index contributed by atoms with van der Waals surface area (Å²) in [4.78, 5) is 5.06. The molecule has 1 aromatic heterocycles. The number of morpholine rings is 1. The molecule has 0 radical (unpaired) electrons. The number of ether oxygens (including phenoxy) is 3. The predicted octanol–water partition coefficient (Wildman–Crippen LogP) is 3.43. The minimum atomic E-state index is -3.60. The van der Waals surface area contributed by atoms with Crippen LogP contribution in [0.3, 0.4) is 0 Å². The molecule has 2 aliphatic heterocycles. The summed E-state index contributed by atoms with van der Waals surface area (Å²) in [7, 11) is -3.60. The van der Waals surface area contributed by atoms with E-state index in [9.17, 15) is 8.42 Å². The lowest BCUT2D eigenvalue weighted by molar-refractivity contribution is 0.0730. The molecule has 1 atom stereocenters. The number of aryl methyl sites for hydroxylation is 2. The van der Waals surface area contributed by atoms with Crippen molar-refractivity contribution in [1.82, 2.24) is 13.9 Å². The van der Waals surface area contributed by atoms with E-state index in [4.69, 9.17) is 19.2 Å². The van der Waals surface area contributed by atoms with Crippen molar-refractivity contribution in [2.45, 2.75) is 50.8 Å². The van der Waals surface area contributed by atoms with Crippen LogP contribution in [0.2, 0.25) is 0 Å². The summed E-state index contributed by atoms with van der Waals surface area (Å²) in [6, 6.07) is 11.3. The van der Waals surface area contributed by atoms with Gasteiger partial charge in [-0.15, -0.1) is 0 Å². The fourth-order valence-corrected chi connectivity index (χ4v) is 6.15. The highest BCUT2D eigenvalue weighted by Crippen LogP contribution is 2.26. The molecule has 0 N–H and O–H groups in total. The third kappa shape index (κ3) is 4.84. The third-order valence-electron chi connectivity index (χ3n) is 6.38. The maximum atomic E-state index is 13.2. The molecule has 2 fully saturated rings. The number of aromatic nitrogens is 2. The van der Waals surface area contributed by atoms with Crippen LogP contribution in [0.4, 0.5) is 0 Å². The number of nitrogens with zero attached hydrogens (tertiary/aromatic N) is 3. The number of fused-ring (bicyclic) bond motifs is 1. The Hall–Kier alpha value is -2.46. The van der Waals surface area contributed by atoms with Gasteiger partial charge in [-0.3, -0.25) is 0 Å². The molecule has 0 saturated carbocycles. The topological polar surface area (TPSA) is 82.9 Å². The molecule has 3 aromatic rings. The van der Waals surface area contributed by atoms with Crippen molar-refractivity contribution in [2.75, 3.05) is 32.9 Å².